The standard InChI is InChI=1S/C19H15BrN4O2S/c1-11-6-7-16(14(20)8-11)22-17(25)10-27-19-24-23-18(26-19)13-9-21-15-5-3-2-4-12(13)15/h2-9,21H,10H2,1H3,(H,22,25). The maximum Gasteiger partial charge on any atom is 0.277 e. The van der Waals surface area contributed by atoms with Crippen molar-refractivity contribution in [2.24, 2.45) is 0 Å². The Kier molecular flexibility index (Phi) is 5.00. The highest BCUT2D eigenvalue weighted by Crippen LogP contribution is 2.29. The molecule has 0 atom stereocenters. The van der Waals surface area contributed by atoms with Crippen molar-refractivity contribution in [3.05, 3.63) is 58.7 Å². The number of thioether (sulfide) groups is 1. The summed E-state index contributed by atoms with van der Waals surface area (Å²) in [6, 6.07) is 13.7. The molecular formula is C19H15BrN4O2S. The predicted molar refractivity (Wildman–Crippen MR) is 110 cm³/mol. The van der Waals surface area contributed by atoms with Gasteiger partial charge >= 0.3 is 0 Å². The lowest BCUT2D eigenvalue weighted by Gasteiger charge is -2.07. The number of hydrogen-bond acceptors (Lipinski definition) is 5. The first-order chi connectivity index (χ1) is 13.1. The van der Waals surface area contributed by atoms with Crippen LogP contribution in [0.2, 0.25) is 0 Å². The molecule has 0 spiro atoms. The van der Waals surface area contributed by atoms with Crippen LogP contribution in [0.3, 0.4) is 0 Å². The molecule has 0 unspecified atom stereocenters. The molecule has 0 radical (unpaired) electrons. The molecule has 0 aliphatic rings. The number of nitrogens with one attached hydrogen (secondary N) is 2. The van der Waals surface area contributed by atoms with Crippen LogP contribution in [0.15, 0.2) is 62.8 Å². The van der Waals surface area contributed by atoms with E-state index >= 15 is 0 Å². The number of anilines is 1. The fourth-order valence-corrected chi connectivity index (χ4v) is 3.82. The second kappa shape index (κ2) is 7.58. The Morgan fingerprint density at radius 1 is 1.26 bits per heavy atom. The number of benzene rings is 2. The van der Waals surface area contributed by atoms with E-state index in [4.69, 9.17) is 4.42 Å². The fraction of sp³-hybridized carbons (Fsp3) is 0.105. The van der Waals surface area contributed by atoms with Gasteiger partial charge in [0, 0.05) is 21.6 Å². The molecule has 0 saturated carbocycles. The van der Waals surface area contributed by atoms with E-state index in [9.17, 15) is 4.79 Å². The average Bonchev–Trinajstić information content (AvgIpc) is 3.29. The van der Waals surface area contributed by atoms with Crippen molar-refractivity contribution in [1.29, 1.82) is 0 Å². The molecule has 0 saturated heterocycles. The van der Waals surface area contributed by atoms with Crippen molar-refractivity contribution in [2.45, 2.75) is 12.1 Å². The zero-order chi connectivity index (χ0) is 18.8. The third kappa shape index (κ3) is 3.91. The zero-order valence-electron chi connectivity index (χ0n) is 14.3. The molecule has 8 heteroatoms. The van der Waals surface area contributed by atoms with Crippen molar-refractivity contribution in [2.75, 3.05) is 11.1 Å². The van der Waals surface area contributed by atoms with Crippen LogP contribution in [0.25, 0.3) is 22.4 Å². The van der Waals surface area contributed by atoms with Crippen molar-refractivity contribution in [3.63, 3.8) is 0 Å². The van der Waals surface area contributed by atoms with Gasteiger partial charge < -0.3 is 14.7 Å². The molecule has 27 heavy (non-hydrogen) atoms. The molecule has 2 N–H and O–H groups in total. The Balaban J connectivity index is 1.41. The number of rotatable bonds is 5. The Hall–Kier alpha value is -2.58. The van der Waals surface area contributed by atoms with Crippen molar-refractivity contribution in [3.8, 4) is 11.5 Å². The van der Waals surface area contributed by atoms with Crippen molar-refractivity contribution < 1.29 is 9.21 Å². The number of aryl methyl sites for hydroxylation is 1. The van der Waals surface area contributed by atoms with Crippen LogP contribution < -0.4 is 5.32 Å². The predicted octanol–water partition coefficient (Wildman–Crippen LogP) is 5.02. The monoisotopic (exact) mass is 442 g/mol. The Labute approximate surface area is 167 Å². The maximum atomic E-state index is 12.2. The first kappa shape index (κ1) is 17.8. The van der Waals surface area contributed by atoms with E-state index in [1.807, 2.05) is 55.6 Å². The molecule has 2 heterocycles. The van der Waals surface area contributed by atoms with Crippen LogP contribution in [0.4, 0.5) is 5.69 Å². The van der Waals surface area contributed by atoms with Crippen LogP contribution in [-0.4, -0.2) is 26.8 Å². The van der Waals surface area contributed by atoms with E-state index in [2.05, 4.69) is 36.4 Å². The molecule has 0 aliphatic heterocycles. The van der Waals surface area contributed by atoms with Crippen LogP contribution in [0, 0.1) is 6.92 Å². The number of carbonyl (C=O) groups excluding carboxylic acids is 1. The van der Waals surface area contributed by atoms with Gasteiger partial charge in [-0.3, -0.25) is 4.79 Å². The van der Waals surface area contributed by atoms with Gasteiger partial charge in [0.25, 0.3) is 11.1 Å². The largest absolute Gasteiger partial charge is 0.411 e. The summed E-state index contributed by atoms with van der Waals surface area (Å²) in [6.45, 7) is 1.99. The van der Waals surface area contributed by atoms with Gasteiger partial charge in [-0.15, -0.1) is 10.2 Å². The first-order valence-electron chi connectivity index (χ1n) is 8.19. The Morgan fingerprint density at radius 2 is 2.11 bits per heavy atom. The van der Waals surface area contributed by atoms with Crippen LogP contribution in [-0.2, 0) is 4.79 Å². The molecule has 4 aromatic rings. The topological polar surface area (TPSA) is 83.8 Å². The third-order valence-corrected chi connectivity index (χ3v) is 5.43. The average molecular weight is 443 g/mol. The summed E-state index contributed by atoms with van der Waals surface area (Å²) in [5.41, 5.74) is 3.70. The molecule has 0 bridgehead atoms. The van der Waals surface area contributed by atoms with Gasteiger partial charge in [-0.05, 0) is 46.6 Å². The van der Waals surface area contributed by atoms with E-state index in [0.29, 0.717) is 11.1 Å². The minimum absolute atomic E-state index is 0.142. The minimum atomic E-state index is -0.142. The molecule has 1 amide bonds. The number of hydrogen-bond donors (Lipinski definition) is 2. The van der Waals surface area contributed by atoms with Gasteiger partial charge in [-0.2, -0.15) is 0 Å². The highest BCUT2D eigenvalue weighted by molar-refractivity contribution is 9.10. The van der Waals surface area contributed by atoms with Crippen LogP contribution in [0.1, 0.15) is 5.56 Å². The Bertz CT molecular complexity index is 1120. The minimum Gasteiger partial charge on any atom is -0.411 e. The van der Waals surface area contributed by atoms with Crippen molar-refractivity contribution >= 4 is 50.2 Å². The summed E-state index contributed by atoms with van der Waals surface area (Å²) in [5, 5.41) is 12.4. The number of para-hydroxylation sites is 1. The van der Waals surface area contributed by atoms with Gasteiger partial charge in [-0.25, -0.2) is 0 Å². The molecule has 6 nitrogen and oxygen atoms in total. The fourth-order valence-electron chi connectivity index (χ4n) is 2.66. The molecule has 0 fully saturated rings. The summed E-state index contributed by atoms with van der Waals surface area (Å²) in [5.74, 6) is 0.462. The van der Waals surface area contributed by atoms with Gasteiger partial charge in [-0.1, -0.05) is 36.0 Å². The molecule has 2 aromatic heterocycles. The normalized spacial score (nSPS) is 11.0. The number of aromatic amines is 1. The second-order valence-corrected chi connectivity index (χ2v) is 7.72. The SMILES string of the molecule is Cc1ccc(NC(=O)CSc2nnc(-c3c[nH]c4ccccc34)o2)c(Br)c1. The number of carbonyl (C=O) groups is 1. The molecule has 0 aliphatic carbocycles. The van der Waals surface area contributed by atoms with Crippen LogP contribution >= 0.6 is 27.7 Å². The third-order valence-electron chi connectivity index (χ3n) is 3.95. The highest BCUT2D eigenvalue weighted by Gasteiger charge is 2.15. The van der Waals surface area contributed by atoms with E-state index in [0.717, 1.165) is 32.2 Å². The van der Waals surface area contributed by atoms with E-state index in [1.165, 1.54) is 11.8 Å². The first-order valence-corrected chi connectivity index (χ1v) is 9.97. The number of H-pyrrole nitrogens is 1. The summed E-state index contributed by atoms with van der Waals surface area (Å²) < 4.78 is 6.56. The lowest BCUT2D eigenvalue weighted by molar-refractivity contribution is -0.113. The van der Waals surface area contributed by atoms with Gasteiger partial charge in [0.05, 0.1) is 17.0 Å². The summed E-state index contributed by atoms with van der Waals surface area (Å²) in [7, 11) is 0. The smallest absolute Gasteiger partial charge is 0.277 e. The number of fused-ring (bicyclic) bond motifs is 1. The zero-order valence-corrected chi connectivity index (χ0v) is 16.7. The summed E-state index contributed by atoms with van der Waals surface area (Å²) in [6.07, 6.45) is 1.84. The number of amides is 1. The summed E-state index contributed by atoms with van der Waals surface area (Å²) >= 11 is 4.65. The maximum absolute atomic E-state index is 12.2. The number of halogens is 1. The number of aromatic nitrogens is 3. The lowest BCUT2D eigenvalue weighted by atomic mass is 10.2. The van der Waals surface area contributed by atoms with Gasteiger partial charge in [0.2, 0.25) is 5.91 Å². The van der Waals surface area contributed by atoms with Gasteiger partial charge in [0.1, 0.15) is 0 Å². The highest BCUT2D eigenvalue weighted by atomic mass is 79.9. The quantitative estimate of drug-likeness (QED) is 0.423. The lowest BCUT2D eigenvalue weighted by Crippen LogP contribution is -2.14. The molecule has 2 aromatic carbocycles. The van der Waals surface area contributed by atoms with E-state index in [-0.39, 0.29) is 11.7 Å². The molecule has 4 rings (SSSR count). The van der Waals surface area contributed by atoms with Gasteiger partial charge in [0.15, 0.2) is 0 Å². The molecule has 136 valence electrons. The Morgan fingerprint density at radius 3 is 2.96 bits per heavy atom. The number of nitrogens with zero attached hydrogens (tertiary/aromatic N) is 2. The van der Waals surface area contributed by atoms with Crippen LogP contribution in [0.5, 0.6) is 0 Å². The summed E-state index contributed by atoms with van der Waals surface area (Å²) in [4.78, 5) is 15.4. The van der Waals surface area contributed by atoms with Crippen molar-refractivity contribution in [1.82, 2.24) is 15.2 Å². The van der Waals surface area contributed by atoms with E-state index in [1.54, 1.807) is 0 Å². The molecular weight excluding hydrogens is 428 g/mol. The van der Waals surface area contributed by atoms with E-state index < -0.39 is 0 Å². The second-order valence-electron chi connectivity index (χ2n) is 5.94.